The summed E-state index contributed by atoms with van der Waals surface area (Å²) in [6.45, 7) is 5.30. The molecule has 2 amide bonds. The summed E-state index contributed by atoms with van der Waals surface area (Å²) in [6.07, 6.45) is 5.80. The second kappa shape index (κ2) is 8.42. The molecule has 1 N–H and O–H groups in total. The predicted octanol–water partition coefficient (Wildman–Crippen LogP) is 3.27. The fourth-order valence-corrected chi connectivity index (χ4v) is 3.67. The fraction of sp³-hybridized carbons (Fsp3) is 0.409. The maximum absolute atomic E-state index is 12.9. The normalized spacial score (nSPS) is 14.5. The van der Waals surface area contributed by atoms with Crippen molar-refractivity contribution in [2.45, 2.75) is 39.5 Å². The number of aryl methyl sites for hydroxylation is 3. The number of nitrogens with one attached hydrogen (secondary N) is 1. The Kier molecular flexibility index (Phi) is 5.97. The zero-order valence-electron chi connectivity index (χ0n) is 16.7. The van der Waals surface area contributed by atoms with Gasteiger partial charge >= 0.3 is 0 Å². The molecule has 28 heavy (non-hydrogen) atoms. The minimum absolute atomic E-state index is 0.0978. The van der Waals surface area contributed by atoms with E-state index in [9.17, 15) is 14.4 Å². The Morgan fingerprint density at radius 2 is 1.50 bits per heavy atom. The first-order valence-corrected chi connectivity index (χ1v) is 9.75. The van der Waals surface area contributed by atoms with Crippen LogP contribution in [0.15, 0.2) is 35.3 Å². The predicted molar refractivity (Wildman–Crippen MR) is 110 cm³/mol. The Bertz CT molecular complexity index is 934. The van der Waals surface area contributed by atoms with Crippen LogP contribution < -0.4 is 10.9 Å². The first-order valence-electron chi connectivity index (χ1n) is 9.75. The third-order valence-electron chi connectivity index (χ3n) is 5.06. The average molecular weight is 381 g/mol. The molecule has 1 saturated heterocycles. The van der Waals surface area contributed by atoms with Gasteiger partial charge in [0.2, 0.25) is 0 Å². The first kappa shape index (κ1) is 19.9. The summed E-state index contributed by atoms with van der Waals surface area (Å²) < 4.78 is 1.35. The van der Waals surface area contributed by atoms with Crippen LogP contribution in [0.5, 0.6) is 0 Å². The number of hydrogen-bond donors (Lipinski definition) is 1. The standard InChI is InChI=1S/C22H27N3O3/c1-15-10-16(2)12-17(11-15)20(26)23-19-13-18(14-24(3)22(19)28)21(27)25-8-6-4-5-7-9-25/h10-14H,4-9H2,1-3H3,(H,23,26). The molecule has 3 rings (SSSR count). The average Bonchev–Trinajstić information content (AvgIpc) is 2.93. The van der Waals surface area contributed by atoms with E-state index in [1.165, 1.54) is 10.6 Å². The van der Waals surface area contributed by atoms with Gasteiger partial charge in [-0.1, -0.05) is 30.0 Å². The fourth-order valence-electron chi connectivity index (χ4n) is 3.67. The Morgan fingerprint density at radius 3 is 2.11 bits per heavy atom. The highest BCUT2D eigenvalue weighted by molar-refractivity contribution is 6.05. The molecule has 6 heteroatoms. The van der Waals surface area contributed by atoms with E-state index in [2.05, 4.69) is 5.32 Å². The largest absolute Gasteiger partial charge is 0.339 e. The Hall–Kier alpha value is -2.89. The van der Waals surface area contributed by atoms with Gasteiger partial charge in [0.05, 0.1) is 5.56 Å². The molecule has 1 aromatic heterocycles. The van der Waals surface area contributed by atoms with Crippen molar-refractivity contribution in [1.82, 2.24) is 9.47 Å². The van der Waals surface area contributed by atoms with Crippen molar-refractivity contribution in [3.8, 4) is 0 Å². The Balaban J connectivity index is 1.88. The molecule has 148 valence electrons. The van der Waals surface area contributed by atoms with Crippen LogP contribution in [0, 0.1) is 13.8 Å². The highest BCUT2D eigenvalue weighted by Crippen LogP contribution is 2.16. The summed E-state index contributed by atoms with van der Waals surface area (Å²) >= 11 is 0. The molecule has 0 aliphatic carbocycles. The number of anilines is 1. The molecule has 0 radical (unpaired) electrons. The number of carbonyl (C=O) groups is 2. The number of benzene rings is 1. The number of rotatable bonds is 3. The van der Waals surface area contributed by atoms with E-state index in [1.54, 1.807) is 25.4 Å². The topological polar surface area (TPSA) is 71.4 Å². The molecule has 0 saturated carbocycles. The van der Waals surface area contributed by atoms with Gasteiger partial charge in [0, 0.05) is 31.9 Å². The summed E-state index contributed by atoms with van der Waals surface area (Å²) in [5, 5.41) is 2.69. The minimum Gasteiger partial charge on any atom is -0.339 e. The second-order valence-corrected chi connectivity index (χ2v) is 7.60. The first-order chi connectivity index (χ1) is 13.3. The van der Waals surface area contributed by atoms with E-state index in [1.807, 2.05) is 24.8 Å². The number of carbonyl (C=O) groups excluding carboxylic acids is 2. The second-order valence-electron chi connectivity index (χ2n) is 7.60. The van der Waals surface area contributed by atoms with E-state index in [0.717, 1.165) is 49.9 Å². The van der Waals surface area contributed by atoms with E-state index in [4.69, 9.17) is 0 Å². The summed E-state index contributed by atoms with van der Waals surface area (Å²) in [6, 6.07) is 7.03. The molecular formula is C22H27N3O3. The highest BCUT2D eigenvalue weighted by Gasteiger charge is 2.20. The molecule has 1 aliphatic rings. The molecule has 0 bridgehead atoms. The van der Waals surface area contributed by atoms with E-state index in [-0.39, 0.29) is 23.1 Å². The molecule has 6 nitrogen and oxygen atoms in total. The summed E-state index contributed by atoms with van der Waals surface area (Å²) in [7, 11) is 1.59. The van der Waals surface area contributed by atoms with Crippen LogP contribution in [0.1, 0.15) is 57.5 Å². The van der Waals surface area contributed by atoms with Crippen molar-refractivity contribution in [3.63, 3.8) is 0 Å². The van der Waals surface area contributed by atoms with Crippen molar-refractivity contribution < 1.29 is 9.59 Å². The quantitative estimate of drug-likeness (QED) is 0.887. The molecule has 0 spiro atoms. The molecule has 0 unspecified atom stereocenters. The van der Waals surface area contributed by atoms with Crippen LogP contribution in [-0.2, 0) is 7.05 Å². The van der Waals surface area contributed by atoms with Gasteiger partial charge in [-0.25, -0.2) is 0 Å². The maximum atomic E-state index is 12.9. The van der Waals surface area contributed by atoms with E-state index < -0.39 is 0 Å². The lowest BCUT2D eigenvalue weighted by Gasteiger charge is -2.21. The van der Waals surface area contributed by atoms with Gasteiger partial charge in [-0.05, 0) is 44.9 Å². The molecule has 1 aromatic carbocycles. The van der Waals surface area contributed by atoms with E-state index >= 15 is 0 Å². The summed E-state index contributed by atoms with van der Waals surface area (Å²) in [4.78, 5) is 39.9. The van der Waals surface area contributed by atoms with Gasteiger partial charge in [-0.15, -0.1) is 0 Å². The maximum Gasteiger partial charge on any atom is 0.274 e. The molecule has 0 atom stereocenters. The van der Waals surface area contributed by atoms with Gasteiger partial charge in [-0.3, -0.25) is 14.4 Å². The third kappa shape index (κ3) is 4.50. The molecule has 1 aliphatic heterocycles. The summed E-state index contributed by atoms with van der Waals surface area (Å²) in [5.74, 6) is -0.456. The van der Waals surface area contributed by atoms with Crippen LogP contribution >= 0.6 is 0 Å². The van der Waals surface area contributed by atoms with E-state index in [0.29, 0.717) is 11.1 Å². The smallest absolute Gasteiger partial charge is 0.274 e. The zero-order chi connectivity index (χ0) is 20.3. The number of aromatic nitrogens is 1. The Morgan fingerprint density at radius 1 is 0.893 bits per heavy atom. The van der Waals surface area contributed by atoms with Crippen LogP contribution in [0.3, 0.4) is 0 Å². The number of pyridine rings is 1. The van der Waals surface area contributed by atoms with Crippen LogP contribution in [0.4, 0.5) is 5.69 Å². The lowest BCUT2D eigenvalue weighted by Crippen LogP contribution is -2.33. The zero-order valence-corrected chi connectivity index (χ0v) is 16.7. The van der Waals surface area contributed by atoms with Gasteiger partial charge in [-0.2, -0.15) is 0 Å². The lowest BCUT2D eigenvalue weighted by molar-refractivity contribution is 0.0760. The van der Waals surface area contributed by atoms with Gasteiger partial charge in [0.1, 0.15) is 5.69 Å². The molecule has 1 fully saturated rings. The van der Waals surface area contributed by atoms with Crippen LogP contribution in [0.25, 0.3) is 0 Å². The minimum atomic E-state index is -0.358. The van der Waals surface area contributed by atoms with Gasteiger partial charge in [0.25, 0.3) is 17.4 Å². The number of nitrogens with zero attached hydrogens (tertiary/aromatic N) is 2. The SMILES string of the molecule is Cc1cc(C)cc(C(=O)Nc2cc(C(=O)N3CCCCCC3)cn(C)c2=O)c1. The molecule has 2 aromatic rings. The van der Waals surface area contributed by atoms with Crippen molar-refractivity contribution in [2.24, 2.45) is 7.05 Å². The van der Waals surface area contributed by atoms with Crippen LogP contribution in [-0.4, -0.2) is 34.4 Å². The van der Waals surface area contributed by atoms with Crippen molar-refractivity contribution in [2.75, 3.05) is 18.4 Å². The van der Waals surface area contributed by atoms with Crippen molar-refractivity contribution in [1.29, 1.82) is 0 Å². The monoisotopic (exact) mass is 381 g/mol. The third-order valence-corrected chi connectivity index (χ3v) is 5.06. The van der Waals surface area contributed by atoms with Crippen LogP contribution in [0.2, 0.25) is 0 Å². The van der Waals surface area contributed by atoms with Crippen molar-refractivity contribution in [3.05, 3.63) is 63.1 Å². The van der Waals surface area contributed by atoms with Gasteiger partial charge < -0.3 is 14.8 Å². The highest BCUT2D eigenvalue weighted by atomic mass is 16.2. The molecule has 2 heterocycles. The lowest BCUT2D eigenvalue weighted by atomic mass is 10.1. The molecular weight excluding hydrogens is 354 g/mol. The summed E-state index contributed by atoms with van der Waals surface area (Å²) in [5.41, 5.74) is 2.63. The number of amides is 2. The van der Waals surface area contributed by atoms with Gasteiger partial charge in [0.15, 0.2) is 0 Å². The van der Waals surface area contributed by atoms with Crippen molar-refractivity contribution >= 4 is 17.5 Å². The number of hydrogen-bond acceptors (Lipinski definition) is 3. The number of likely N-dealkylation sites (tertiary alicyclic amines) is 1. The Labute approximate surface area is 165 Å².